The number of nitrogens with zero attached hydrogens (tertiary/aromatic N) is 1. The van der Waals surface area contributed by atoms with Crippen molar-refractivity contribution in [2.75, 3.05) is 18.6 Å². The number of carbonyl (C=O) groups is 5. The summed E-state index contributed by atoms with van der Waals surface area (Å²) in [6.45, 7) is 6.83. The fraction of sp³-hybridized carbons (Fsp3) is 0.517. The molecule has 0 saturated heterocycles. The van der Waals surface area contributed by atoms with E-state index in [2.05, 4.69) is 33.1 Å². The minimum atomic E-state index is -1.16. The Labute approximate surface area is 250 Å². The highest BCUT2D eigenvalue weighted by molar-refractivity contribution is 8.13. The molecule has 224 valence electrons. The molecule has 1 aliphatic carbocycles. The number of carboxylic acids is 1. The van der Waals surface area contributed by atoms with E-state index in [9.17, 15) is 29.1 Å². The maximum absolute atomic E-state index is 13.0. The highest BCUT2D eigenvalue weighted by Gasteiger charge is 2.41. The van der Waals surface area contributed by atoms with Crippen LogP contribution in [0.4, 0.5) is 0 Å². The van der Waals surface area contributed by atoms with Gasteiger partial charge in [0.2, 0.25) is 5.91 Å². The van der Waals surface area contributed by atoms with Gasteiger partial charge in [0.05, 0.1) is 0 Å². The summed E-state index contributed by atoms with van der Waals surface area (Å²) in [5.74, 6) is -2.12. The van der Waals surface area contributed by atoms with Gasteiger partial charge in [-0.25, -0.2) is 9.78 Å². The molecule has 0 unspecified atom stereocenters. The normalized spacial score (nSPS) is 14.9. The molecular weight excluding hydrogens is 564 g/mol. The number of thioether (sulfide) groups is 2. The fourth-order valence-corrected chi connectivity index (χ4v) is 5.01. The van der Waals surface area contributed by atoms with Gasteiger partial charge < -0.3 is 21.1 Å². The Kier molecular flexibility index (Phi) is 13.6. The summed E-state index contributed by atoms with van der Waals surface area (Å²) in [6, 6.07) is 2.36. The zero-order valence-electron chi connectivity index (χ0n) is 24.2. The van der Waals surface area contributed by atoms with Crippen molar-refractivity contribution in [1.29, 1.82) is 0 Å². The number of aliphatic carboxylic acids is 1. The van der Waals surface area contributed by atoms with Crippen LogP contribution < -0.4 is 16.0 Å². The van der Waals surface area contributed by atoms with Crippen LogP contribution in [0.5, 0.6) is 0 Å². The molecule has 2 rings (SSSR count). The summed E-state index contributed by atoms with van der Waals surface area (Å²) in [5, 5.41) is 17.4. The Balaban J connectivity index is 1.95. The highest BCUT2D eigenvalue weighted by atomic mass is 32.2. The van der Waals surface area contributed by atoms with Crippen molar-refractivity contribution in [2.45, 2.75) is 70.7 Å². The summed E-state index contributed by atoms with van der Waals surface area (Å²) >= 11 is 2.73. The maximum Gasteiger partial charge on any atom is 0.326 e. The van der Waals surface area contributed by atoms with Crippen LogP contribution in [0.15, 0.2) is 41.0 Å². The molecule has 12 heteroatoms. The molecule has 41 heavy (non-hydrogen) atoms. The molecule has 0 aliphatic heterocycles. The largest absolute Gasteiger partial charge is 0.480 e. The lowest BCUT2D eigenvalue weighted by Crippen LogP contribution is -2.47. The molecule has 0 aromatic carbocycles. The summed E-state index contributed by atoms with van der Waals surface area (Å²) in [5.41, 5.74) is 0.550. The average molecular weight is 605 g/mol. The molecule has 0 bridgehead atoms. The summed E-state index contributed by atoms with van der Waals surface area (Å²) in [4.78, 5) is 65.9. The van der Waals surface area contributed by atoms with Gasteiger partial charge in [-0.2, -0.15) is 0 Å². The van der Waals surface area contributed by atoms with Gasteiger partial charge in [0.1, 0.15) is 17.4 Å². The first-order valence-corrected chi connectivity index (χ1v) is 15.7. The van der Waals surface area contributed by atoms with Crippen LogP contribution >= 0.6 is 23.5 Å². The van der Waals surface area contributed by atoms with E-state index in [1.165, 1.54) is 29.6 Å². The van der Waals surface area contributed by atoms with Crippen molar-refractivity contribution in [3.05, 3.63) is 47.4 Å². The van der Waals surface area contributed by atoms with Crippen molar-refractivity contribution < 1.29 is 29.1 Å². The van der Waals surface area contributed by atoms with Gasteiger partial charge in [-0.15, -0.1) is 11.8 Å². The second-order valence-electron chi connectivity index (χ2n) is 10.2. The van der Waals surface area contributed by atoms with E-state index in [1.54, 1.807) is 33.8 Å². The van der Waals surface area contributed by atoms with Crippen LogP contribution in [-0.4, -0.2) is 63.5 Å². The molecule has 1 aromatic rings. The Morgan fingerprint density at radius 2 is 1.88 bits per heavy atom. The Hall–Kier alpha value is -3.12. The second kappa shape index (κ2) is 16.4. The van der Waals surface area contributed by atoms with Gasteiger partial charge in [0, 0.05) is 42.7 Å². The lowest BCUT2D eigenvalue weighted by Gasteiger charge is -2.19. The molecule has 1 saturated carbocycles. The molecule has 0 radical (unpaired) electrons. The van der Waals surface area contributed by atoms with Crippen LogP contribution in [0.25, 0.3) is 0 Å². The van der Waals surface area contributed by atoms with Crippen LogP contribution in [0.1, 0.15) is 69.6 Å². The SMILES string of the molecule is C/C=C(\NC(=O)c1cc(SC)cc(CCNC(=O)CC2(/C=C/CCSC(C)=O)CC2)n1)C(=O)N[C@H](C(=O)O)C(C)C. The van der Waals surface area contributed by atoms with Gasteiger partial charge in [0.15, 0.2) is 5.12 Å². The third-order valence-electron chi connectivity index (χ3n) is 6.49. The van der Waals surface area contributed by atoms with E-state index in [0.717, 1.165) is 29.9 Å². The van der Waals surface area contributed by atoms with Gasteiger partial charge >= 0.3 is 5.97 Å². The van der Waals surface area contributed by atoms with Gasteiger partial charge in [0.25, 0.3) is 11.8 Å². The Morgan fingerprint density at radius 3 is 2.44 bits per heavy atom. The Bertz CT molecular complexity index is 1190. The topological polar surface area (TPSA) is 155 Å². The molecule has 1 fully saturated rings. The molecule has 3 amide bonds. The molecule has 1 aromatic heterocycles. The van der Waals surface area contributed by atoms with E-state index in [4.69, 9.17) is 0 Å². The average Bonchev–Trinajstić information content (AvgIpc) is 3.67. The van der Waals surface area contributed by atoms with E-state index in [1.807, 2.05) is 12.3 Å². The number of allylic oxidation sites excluding steroid dienone is 3. The molecular formula is C29H40N4O6S2. The minimum Gasteiger partial charge on any atom is -0.480 e. The van der Waals surface area contributed by atoms with Crippen molar-refractivity contribution in [1.82, 2.24) is 20.9 Å². The Morgan fingerprint density at radius 1 is 1.17 bits per heavy atom. The second-order valence-corrected chi connectivity index (χ2v) is 12.4. The number of amides is 3. The number of rotatable bonds is 16. The number of pyridine rings is 1. The fourth-order valence-electron chi connectivity index (χ4n) is 3.98. The van der Waals surface area contributed by atoms with Crippen LogP contribution in [0.3, 0.4) is 0 Å². The number of carbonyl (C=O) groups excluding carboxylic acids is 4. The zero-order valence-corrected chi connectivity index (χ0v) is 25.9. The minimum absolute atomic E-state index is 0.0472. The van der Waals surface area contributed by atoms with Crippen molar-refractivity contribution >= 4 is 52.3 Å². The third kappa shape index (κ3) is 11.7. The maximum atomic E-state index is 13.0. The summed E-state index contributed by atoms with van der Waals surface area (Å²) in [6.07, 6.45) is 11.0. The lowest BCUT2D eigenvalue weighted by molar-refractivity contribution is -0.142. The zero-order chi connectivity index (χ0) is 30.6. The summed E-state index contributed by atoms with van der Waals surface area (Å²) in [7, 11) is 0. The van der Waals surface area contributed by atoms with E-state index in [-0.39, 0.29) is 33.7 Å². The quantitative estimate of drug-likeness (QED) is 0.0956. The predicted octanol–water partition coefficient (Wildman–Crippen LogP) is 3.72. The first-order chi connectivity index (χ1) is 19.4. The molecule has 1 aliphatic rings. The van der Waals surface area contributed by atoms with E-state index in [0.29, 0.717) is 25.1 Å². The van der Waals surface area contributed by atoms with E-state index >= 15 is 0 Å². The number of hydrogen-bond acceptors (Lipinski definition) is 8. The predicted molar refractivity (Wildman–Crippen MR) is 162 cm³/mol. The first kappa shape index (κ1) is 34.1. The third-order valence-corrected chi connectivity index (χ3v) is 8.04. The first-order valence-electron chi connectivity index (χ1n) is 13.5. The van der Waals surface area contributed by atoms with Gasteiger partial charge in [-0.1, -0.05) is 43.8 Å². The van der Waals surface area contributed by atoms with Gasteiger partial charge in [-0.3, -0.25) is 19.2 Å². The van der Waals surface area contributed by atoms with Crippen molar-refractivity contribution in [3.63, 3.8) is 0 Å². The summed E-state index contributed by atoms with van der Waals surface area (Å²) < 4.78 is 0. The molecule has 4 N–H and O–H groups in total. The number of hydrogen-bond donors (Lipinski definition) is 4. The molecule has 1 atom stereocenters. The highest BCUT2D eigenvalue weighted by Crippen LogP contribution is 2.50. The van der Waals surface area contributed by atoms with Crippen LogP contribution in [0.2, 0.25) is 0 Å². The monoisotopic (exact) mass is 604 g/mol. The number of carboxylic acid groups (broad SMARTS) is 1. The van der Waals surface area contributed by atoms with Crippen molar-refractivity contribution in [2.24, 2.45) is 11.3 Å². The standard InChI is InChI=1S/C29H40N4O6S2/c1-6-22(26(36)33-25(18(2)3)28(38)39)32-27(37)23-16-21(40-5)15-20(31-23)9-13-30-24(35)17-29(11-12-29)10-7-8-14-41-19(4)34/h6-7,10,15-16,18,25H,8-9,11-14,17H2,1-5H3,(H,30,35)(H,32,37)(H,33,36)(H,38,39)/b10-7+,22-6-/t25-/m0/s1. The lowest BCUT2D eigenvalue weighted by atomic mass is 10.0. The number of nitrogens with one attached hydrogen (secondary N) is 3. The van der Waals surface area contributed by atoms with Crippen LogP contribution in [-0.2, 0) is 25.6 Å². The molecule has 0 spiro atoms. The molecule has 1 heterocycles. The smallest absolute Gasteiger partial charge is 0.326 e. The van der Waals surface area contributed by atoms with Crippen LogP contribution in [0, 0.1) is 11.3 Å². The number of aromatic nitrogens is 1. The molecule has 10 nitrogen and oxygen atoms in total. The van der Waals surface area contributed by atoms with Crippen molar-refractivity contribution in [3.8, 4) is 0 Å². The van der Waals surface area contributed by atoms with E-state index < -0.39 is 23.8 Å². The van der Waals surface area contributed by atoms with Gasteiger partial charge in [-0.05, 0) is 55.9 Å².